The molecule has 1 aromatic rings. The van der Waals surface area contributed by atoms with Gasteiger partial charge in [-0.2, -0.15) is 13.2 Å². The number of hydrogen-bond acceptors (Lipinski definition) is 2. The molecule has 0 spiro atoms. The highest BCUT2D eigenvalue weighted by Crippen LogP contribution is 2.29. The zero-order valence-electron chi connectivity index (χ0n) is 11.9. The minimum Gasteiger partial charge on any atom is -0.391 e. The number of rotatable bonds is 5. The van der Waals surface area contributed by atoms with Crippen molar-refractivity contribution in [2.45, 2.75) is 25.4 Å². The van der Waals surface area contributed by atoms with Gasteiger partial charge in [0, 0.05) is 25.0 Å². The van der Waals surface area contributed by atoms with E-state index in [4.69, 9.17) is 0 Å². The van der Waals surface area contributed by atoms with Crippen LogP contribution in [-0.2, 0) is 12.6 Å². The maximum atomic E-state index is 12.4. The van der Waals surface area contributed by atoms with Gasteiger partial charge in [0.25, 0.3) is 0 Å². The van der Waals surface area contributed by atoms with Crippen LogP contribution >= 0.6 is 0 Å². The van der Waals surface area contributed by atoms with E-state index in [1.807, 2.05) is 19.2 Å². The largest absolute Gasteiger partial charge is 0.416 e. The number of hydrogen-bond donors (Lipinski definition) is 2. The van der Waals surface area contributed by atoms with Crippen LogP contribution in [0.1, 0.15) is 24.0 Å². The van der Waals surface area contributed by atoms with Gasteiger partial charge >= 0.3 is 6.18 Å². The zero-order chi connectivity index (χ0) is 15.3. The van der Waals surface area contributed by atoms with Crippen molar-refractivity contribution in [3.8, 4) is 0 Å². The molecule has 2 N–H and O–H groups in total. The molecule has 0 aromatic heterocycles. The van der Waals surface area contributed by atoms with E-state index in [1.165, 1.54) is 11.4 Å². The third-order valence-electron chi connectivity index (χ3n) is 3.52. The second-order valence-electron chi connectivity index (χ2n) is 5.01. The maximum Gasteiger partial charge on any atom is 0.416 e. The summed E-state index contributed by atoms with van der Waals surface area (Å²) in [6, 6.07) is 5.35. The number of benzene rings is 1. The molecule has 2 rings (SSSR count). The third kappa shape index (κ3) is 4.55. The minimum absolute atomic E-state index is 0.598. The maximum absolute atomic E-state index is 12.4. The molecule has 0 heterocycles. The summed E-state index contributed by atoms with van der Waals surface area (Å²) >= 11 is 0. The summed E-state index contributed by atoms with van der Waals surface area (Å²) in [5, 5.41) is 6.45. The lowest BCUT2D eigenvalue weighted by Crippen LogP contribution is -2.19. The van der Waals surface area contributed by atoms with Crippen LogP contribution in [0.5, 0.6) is 0 Å². The average Bonchev–Trinajstić information content (AvgIpc) is 2.47. The molecule has 2 nitrogen and oxygen atoms in total. The Morgan fingerprint density at radius 1 is 1.00 bits per heavy atom. The summed E-state index contributed by atoms with van der Waals surface area (Å²) in [5.74, 6) is 0. The van der Waals surface area contributed by atoms with Crippen LogP contribution in [0.25, 0.3) is 0 Å². The van der Waals surface area contributed by atoms with E-state index in [1.54, 1.807) is 12.1 Å². The molecule has 1 aromatic carbocycles. The molecule has 114 valence electrons. The second-order valence-corrected chi connectivity index (χ2v) is 5.01. The molecule has 0 amide bonds. The summed E-state index contributed by atoms with van der Waals surface area (Å²) in [6.45, 7) is 0.722. The topological polar surface area (TPSA) is 24.1 Å². The Balaban J connectivity index is 1.82. The van der Waals surface area contributed by atoms with Crippen LogP contribution < -0.4 is 10.6 Å². The summed E-state index contributed by atoms with van der Waals surface area (Å²) in [7, 11) is 1.91. The molecule has 21 heavy (non-hydrogen) atoms. The summed E-state index contributed by atoms with van der Waals surface area (Å²) in [5.41, 5.74) is 2.68. The van der Waals surface area contributed by atoms with Crippen LogP contribution in [0.15, 0.2) is 47.8 Å². The molecule has 0 fully saturated rings. The van der Waals surface area contributed by atoms with Crippen molar-refractivity contribution in [3.63, 3.8) is 0 Å². The Morgan fingerprint density at radius 3 is 2.14 bits per heavy atom. The van der Waals surface area contributed by atoms with Crippen molar-refractivity contribution < 1.29 is 13.2 Å². The standard InChI is InChI=1S/C16H19F3N2/c1-20-14-6-8-15(9-7-14)21-11-10-12-2-4-13(5-3-12)16(17,18)19/h2-6,8,20-21H,7,9-11H2,1H3. The SMILES string of the molecule is CNC1=CC=C(NCCc2ccc(C(F)(F)F)cc2)CC1. The zero-order valence-corrected chi connectivity index (χ0v) is 11.9. The quantitative estimate of drug-likeness (QED) is 0.867. The van der Waals surface area contributed by atoms with Gasteiger partial charge in [0.05, 0.1) is 5.56 Å². The highest BCUT2D eigenvalue weighted by atomic mass is 19.4. The predicted molar refractivity (Wildman–Crippen MR) is 77.6 cm³/mol. The molecule has 0 atom stereocenters. The Hall–Kier alpha value is -1.91. The van der Waals surface area contributed by atoms with Crippen LogP contribution in [0.4, 0.5) is 13.2 Å². The van der Waals surface area contributed by atoms with Gasteiger partial charge in [-0.25, -0.2) is 0 Å². The van der Waals surface area contributed by atoms with Crippen LogP contribution in [-0.4, -0.2) is 13.6 Å². The molecule has 1 aliphatic carbocycles. The van der Waals surface area contributed by atoms with E-state index in [0.717, 1.165) is 37.1 Å². The first-order chi connectivity index (χ1) is 9.99. The average molecular weight is 296 g/mol. The first kappa shape index (κ1) is 15.5. The van der Waals surface area contributed by atoms with E-state index >= 15 is 0 Å². The minimum atomic E-state index is -4.26. The number of nitrogens with one attached hydrogen (secondary N) is 2. The van der Waals surface area contributed by atoms with E-state index < -0.39 is 11.7 Å². The lowest BCUT2D eigenvalue weighted by molar-refractivity contribution is -0.137. The molecule has 1 aliphatic rings. The molecule has 5 heteroatoms. The smallest absolute Gasteiger partial charge is 0.391 e. The van der Waals surface area contributed by atoms with E-state index in [9.17, 15) is 13.2 Å². The Bertz CT molecular complexity index is 527. The number of alkyl halides is 3. The van der Waals surface area contributed by atoms with Crippen LogP contribution in [0.2, 0.25) is 0 Å². The first-order valence-corrected chi connectivity index (χ1v) is 6.96. The Kier molecular flexibility index (Phi) is 4.94. The van der Waals surface area contributed by atoms with Gasteiger partial charge in [0.2, 0.25) is 0 Å². The van der Waals surface area contributed by atoms with Gasteiger partial charge in [-0.05, 0) is 49.1 Å². The Labute approximate surface area is 122 Å². The summed E-state index contributed by atoms with van der Waals surface area (Å²) < 4.78 is 37.3. The van der Waals surface area contributed by atoms with Crippen molar-refractivity contribution in [2.75, 3.05) is 13.6 Å². The third-order valence-corrected chi connectivity index (χ3v) is 3.52. The van der Waals surface area contributed by atoms with Crippen LogP contribution in [0, 0.1) is 0 Å². The van der Waals surface area contributed by atoms with Gasteiger partial charge in [0.1, 0.15) is 0 Å². The monoisotopic (exact) mass is 296 g/mol. The molecular weight excluding hydrogens is 277 g/mol. The molecule has 0 bridgehead atoms. The van der Waals surface area contributed by atoms with Crippen molar-refractivity contribution in [3.05, 3.63) is 58.9 Å². The summed E-state index contributed by atoms with van der Waals surface area (Å²) in [4.78, 5) is 0. The van der Waals surface area contributed by atoms with Crippen LogP contribution in [0.3, 0.4) is 0 Å². The lowest BCUT2D eigenvalue weighted by atomic mass is 10.1. The van der Waals surface area contributed by atoms with E-state index in [2.05, 4.69) is 10.6 Å². The molecule has 0 aliphatic heterocycles. The molecule has 0 saturated carbocycles. The van der Waals surface area contributed by atoms with Gasteiger partial charge < -0.3 is 10.6 Å². The summed E-state index contributed by atoms with van der Waals surface area (Å²) in [6.07, 6.45) is 2.47. The molecule has 0 radical (unpaired) electrons. The molecule has 0 unspecified atom stereocenters. The van der Waals surface area contributed by atoms with Crippen molar-refractivity contribution in [1.82, 2.24) is 10.6 Å². The van der Waals surface area contributed by atoms with Gasteiger partial charge in [-0.3, -0.25) is 0 Å². The number of allylic oxidation sites excluding steroid dienone is 4. The fourth-order valence-electron chi connectivity index (χ4n) is 2.22. The van der Waals surface area contributed by atoms with Gasteiger partial charge in [0.15, 0.2) is 0 Å². The number of halogens is 3. The highest BCUT2D eigenvalue weighted by Gasteiger charge is 2.29. The second kappa shape index (κ2) is 6.70. The lowest BCUT2D eigenvalue weighted by Gasteiger charge is -2.16. The normalized spacial score (nSPS) is 15.2. The Morgan fingerprint density at radius 2 is 1.62 bits per heavy atom. The van der Waals surface area contributed by atoms with E-state index in [-0.39, 0.29) is 0 Å². The predicted octanol–water partition coefficient (Wildman–Crippen LogP) is 3.62. The molecule has 0 saturated heterocycles. The van der Waals surface area contributed by atoms with Crippen molar-refractivity contribution in [1.29, 1.82) is 0 Å². The van der Waals surface area contributed by atoms with Gasteiger partial charge in [-0.15, -0.1) is 0 Å². The van der Waals surface area contributed by atoms with E-state index in [0.29, 0.717) is 6.42 Å². The van der Waals surface area contributed by atoms with Crippen molar-refractivity contribution in [2.24, 2.45) is 0 Å². The highest BCUT2D eigenvalue weighted by molar-refractivity contribution is 5.25. The fourth-order valence-corrected chi connectivity index (χ4v) is 2.22. The fraction of sp³-hybridized carbons (Fsp3) is 0.375. The van der Waals surface area contributed by atoms with Gasteiger partial charge in [-0.1, -0.05) is 12.1 Å². The first-order valence-electron chi connectivity index (χ1n) is 6.96. The molecular formula is C16H19F3N2. The van der Waals surface area contributed by atoms with Crippen molar-refractivity contribution >= 4 is 0 Å².